The minimum absolute atomic E-state index is 0.181. The maximum absolute atomic E-state index is 5.74. The Balaban J connectivity index is 2.02. The molecule has 1 aromatic heterocycles. The van der Waals surface area contributed by atoms with E-state index in [9.17, 15) is 0 Å². The van der Waals surface area contributed by atoms with E-state index in [1.807, 2.05) is 24.3 Å². The first kappa shape index (κ1) is 12.0. The zero-order valence-electron chi connectivity index (χ0n) is 10.1. The summed E-state index contributed by atoms with van der Waals surface area (Å²) in [6, 6.07) is 7.61. The Labute approximate surface area is 105 Å². The number of hydrogen-bond acceptors (Lipinski definition) is 6. The highest BCUT2D eigenvalue weighted by atomic mass is 16.5. The van der Waals surface area contributed by atoms with Gasteiger partial charge in [0.15, 0.2) is 0 Å². The molecule has 0 radical (unpaired) electrons. The van der Waals surface area contributed by atoms with Gasteiger partial charge >= 0.3 is 0 Å². The molecule has 0 aliphatic rings. The van der Waals surface area contributed by atoms with Crippen LogP contribution in [-0.4, -0.2) is 17.1 Å². The normalized spacial score (nSPS) is 10.1. The van der Waals surface area contributed by atoms with Crippen LogP contribution in [0.25, 0.3) is 0 Å². The molecule has 0 aliphatic carbocycles. The van der Waals surface area contributed by atoms with Crippen molar-refractivity contribution in [1.29, 1.82) is 0 Å². The van der Waals surface area contributed by atoms with Crippen LogP contribution in [0.4, 0.5) is 17.5 Å². The Hall–Kier alpha value is -2.50. The number of nitrogens with one attached hydrogen (secondary N) is 1. The third kappa shape index (κ3) is 2.79. The third-order valence-corrected chi connectivity index (χ3v) is 2.49. The minimum Gasteiger partial charge on any atom is -0.497 e. The number of nitrogen functional groups attached to an aromatic ring is 2. The van der Waals surface area contributed by atoms with Crippen LogP contribution < -0.4 is 21.5 Å². The number of benzene rings is 1. The molecule has 0 atom stereocenters. The van der Waals surface area contributed by atoms with E-state index in [0.717, 1.165) is 17.0 Å². The molecule has 1 aromatic carbocycles. The van der Waals surface area contributed by atoms with Crippen LogP contribution in [0.1, 0.15) is 5.56 Å². The lowest BCUT2D eigenvalue weighted by molar-refractivity contribution is 0.415. The van der Waals surface area contributed by atoms with Crippen molar-refractivity contribution in [2.45, 2.75) is 6.54 Å². The number of aromatic nitrogens is 2. The van der Waals surface area contributed by atoms with Gasteiger partial charge in [0.1, 0.15) is 11.6 Å². The van der Waals surface area contributed by atoms with Crippen molar-refractivity contribution < 1.29 is 4.74 Å². The predicted octanol–water partition coefficient (Wildman–Crippen LogP) is 1.26. The highest BCUT2D eigenvalue weighted by molar-refractivity contribution is 5.49. The maximum Gasteiger partial charge on any atom is 0.221 e. The smallest absolute Gasteiger partial charge is 0.221 e. The molecular formula is C12H15N5O. The van der Waals surface area contributed by atoms with Gasteiger partial charge in [0, 0.05) is 24.0 Å². The molecule has 0 saturated heterocycles. The summed E-state index contributed by atoms with van der Waals surface area (Å²) in [5.74, 6) is 1.39. The van der Waals surface area contributed by atoms with Gasteiger partial charge in [0.2, 0.25) is 5.95 Å². The van der Waals surface area contributed by atoms with E-state index in [1.165, 1.54) is 0 Å². The van der Waals surface area contributed by atoms with Gasteiger partial charge < -0.3 is 21.5 Å². The van der Waals surface area contributed by atoms with Gasteiger partial charge in [-0.15, -0.1) is 0 Å². The van der Waals surface area contributed by atoms with Crippen molar-refractivity contribution in [1.82, 2.24) is 9.97 Å². The second-order valence-corrected chi connectivity index (χ2v) is 3.72. The van der Waals surface area contributed by atoms with Crippen LogP contribution in [0.15, 0.2) is 30.5 Å². The highest BCUT2D eigenvalue weighted by Gasteiger charge is 2.02. The standard InChI is InChI=1S/C12H15N5O/c1-18-10-4-2-9(3-5-10)15-6-8-7-16-12(14)17-11(8)13/h2-5,7,15H,6H2,1H3,(H4,13,14,16,17). The highest BCUT2D eigenvalue weighted by Crippen LogP contribution is 2.16. The summed E-state index contributed by atoms with van der Waals surface area (Å²) in [4.78, 5) is 7.80. The number of ether oxygens (including phenoxy) is 1. The molecule has 5 N–H and O–H groups in total. The molecule has 94 valence electrons. The zero-order valence-corrected chi connectivity index (χ0v) is 10.1. The van der Waals surface area contributed by atoms with Gasteiger partial charge in [-0.1, -0.05) is 0 Å². The molecule has 0 fully saturated rings. The first-order valence-electron chi connectivity index (χ1n) is 5.44. The van der Waals surface area contributed by atoms with E-state index in [-0.39, 0.29) is 5.95 Å². The fourth-order valence-electron chi connectivity index (χ4n) is 1.48. The third-order valence-electron chi connectivity index (χ3n) is 2.49. The quantitative estimate of drug-likeness (QED) is 0.750. The zero-order chi connectivity index (χ0) is 13.0. The summed E-state index contributed by atoms with van der Waals surface area (Å²) in [5.41, 5.74) is 12.9. The van der Waals surface area contributed by atoms with E-state index in [2.05, 4.69) is 15.3 Å². The Bertz CT molecular complexity index is 526. The number of nitrogens with zero attached hydrogens (tertiary/aromatic N) is 2. The Morgan fingerprint density at radius 2 is 1.94 bits per heavy atom. The minimum atomic E-state index is 0.181. The molecule has 0 spiro atoms. The van der Waals surface area contributed by atoms with Crippen molar-refractivity contribution in [3.05, 3.63) is 36.0 Å². The van der Waals surface area contributed by atoms with E-state index in [0.29, 0.717) is 12.4 Å². The molecule has 0 aliphatic heterocycles. The van der Waals surface area contributed by atoms with E-state index < -0.39 is 0 Å². The number of hydrogen-bond donors (Lipinski definition) is 3. The summed E-state index contributed by atoms with van der Waals surface area (Å²) in [7, 11) is 1.63. The molecule has 2 aromatic rings. The molecule has 0 bridgehead atoms. The van der Waals surface area contributed by atoms with E-state index in [1.54, 1.807) is 13.3 Å². The molecule has 0 unspecified atom stereocenters. The summed E-state index contributed by atoms with van der Waals surface area (Å²) >= 11 is 0. The van der Waals surface area contributed by atoms with Crippen molar-refractivity contribution in [3.8, 4) is 5.75 Å². The molecule has 1 heterocycles. The number of rotatable bonds is 4. The number of nitrogens with two attached hydrogens (primary N) is 2. The van der Waals surface area contributed by atoms with Gasteiger partial charge in [-0.3, -0.25) is 0 Å². The molecule has 6 nitrogen and oxygen atoms in total. The van der Waals surface area contributed by atoms with E-state index >= 15 is 0 Å². The average Bonchev–Trinajstić information content (AvgIpc) is 2.38. The summed E-state index contributed by atoms with van der Waals surface area (Å²) in [6.45, 7) is 0.540. The van der Waals surface area contributed by atoms with Crippen LogP contribution >= 0.6 is 0 Å². The summed E-state index contributed by atoms with van der Waals surface area (Å²) in [6.07, 6.45) is 1.62. The van der Waals surface area contributed by atoms with Crippen LogP contribution in [-0.2, 0) is 6.54 Å². The van der Waals surface area contributed by atoms with Crippen molar-refractivity contribution in [3.63, 3.8) is 0 Å². The van der Waals surface area contributed by atoms with Crippen molar-refractivity contribution in [2.75, 3.05) is 23.9 Å². The molecular weight excluding hydrogens is 230 g/mol. The molecule has 2 rings (SSSR count). The SMILES string of the molecule is COc1ccc(NCc2cnc(N)nc2N)cc1. The summed E-state index contributed by atoms with van der Waals surface area (Å²) < 4.78 is 5.08. The van der Waals surface area contributed by atoms with Gasteiger partial charge in [-0.2, -0.15) is 4.98 Å². The topological polar surface area (TPSA) is 99.1 Å². The Kier molecular flexibility index (Phi) is 3.47. The first-order chi connectivity index (χ1) is 8.69. The van der Waals surface area contributed by atoms with Gasteiger partial charge in [-0.05, 0) is 24.3 Å². The van der Waals surface area contributed by atoms with Crippen LogP contribution in [0.5, 0.6) is 5.75 Å². The fourth-order valence-corrected chi connectivity index (χ4v) is 1.48. The molecule has 6 heteroatoms. The van der Waals surface area contributed by atoms with Crippen molar-refractivity contribution in [2.24, 2.45) is 0 Å². The second-order valence-electron chi connectivity index (χ2n) is 3.72. The fraction of sp³-hybridized carbons (Fsp3) is 0.167. The first-order valence-corrected chi connectivity index (χ1v) is 5.44. The lowest BCUT2D eigenvalue weighted by Gasteiger charge is -2.08. The van der Waals surface area contributed by atoms with Gasteiger partial charge in [-0.25, -0.2) is 4.98 Å². The lowest BCUT2D eigenvalue weighted by Crippen LogP contribution is -2.07. The Morgan fingerprint density at radius 3 is 2.56 bits per heavy atom. The average molecular weight is 245 g/mol. The Morgan fingerprint density at radius 1 is 1.22 bits per heavy atom. The molecule has 0 saturated carbocycles. The molecule has 0 amide bonds. The molecule has 18 heavy (non-hydrogen) atoms. The number of anilines is 3. The monoisotopic (exact) mass is 245 g/mol. The van der Waals surface area contributed by atoms with Crippen LogP contribution in [0.3, 0.4) is 0 Å². The summed E-state index contributed by atoms with van der Waals surface area (Å²) in [5, 5.41) is 3.22. The maximum atomic E-state index is 5.74. The van der Waals surface area contributed by atoms with Gasteiger partial charge in [0.25, 0.3) is 0 Å². The van der Waals surface area contributed by atoms with Gasteiger partial charge in [0.05, 0.1) is 7.11 Å². The second kappa shape index (κ2) is 5.22. The predicted molar refractivity (Wildman–Crippen MR) is 71.2 cm³/mol. The van der Waals surface area contributed by atoms with Crippen LogP contribution in [0.2, 0.25) is 0 Å². The lowest BCUT2D eigenvalue weighted by atomic mass is 10.2. The van der Waals surface area contributed by atoms with E-state index in [4.69, 9.17) is 16.2 Å². The van der Waals surface area contributed by atoms with Crippen LogP contribution in [0, 0.1) is 0 Å². The number of methoxy groups -OCH3 is 1. The van der Waals surface area contributed by atoms with Crippen molar-refractivity contribution >= 4 is 17.5 Å². The largest absolute Gasteiger partial charge is 0.497 e.